The maximum atomic E-state index is 12.9. The van der Waals surface area contributed by atoms with Crippen LogP contribution in [0.2, 0.25) is 0 Å². The molecule has 1 heterocycles. The molecule has 1 aliphatic heterocycles. The molecular formula is C16H22FNO. The number of hydrogen-bond donors (Lipinski definition) is 1. The molecule has 0 aromatic heterocycles. The fraction of sp³-hybridized carbons (Fsp3) is 0.625. The number of hydrogen-bond acceptors (Lipinski definition) is 2. The Morgan fingerprint density at radius 1 is 1.32 bits per heavy atom. The normalized spacial score (nSPS) is 26.9. The van der Waals surface area contributed by atoms with Gasteiger partial charge in [-0.05, 0) is 56.7 Å². The van der Waals surface area contributed by atoms with Gasteiger partial charge in [-0.2, -0.15) is 0 Å². The smallest absolute Gasteiger partial charge is 0.123 e. The van der Waals surface area contributed by atoms with Gasteiger partial charge >= 0.3 is 0 Å². The zero-order valence-corrected chi connectivity index (χ0v) is 11.5. The van der Waals surface area contributed by atoms with E-state index in [0.717, 1.165) is 25.0 Å². The first kappa shape index (κ1) is 13.1. The van der Waals surface area contributed by atoms with Crippen molar-refractivity contribution in [3.63, 3.8) is 0 Å². The summed E-state index contributed by atoms with van der Waals surface area (Å²) in [7, 11) is 0. The first-order valence-electron chi connectivity index (χ1n) is 7.32. The Kier molecular flexibility index (Phi) is 3.59. The maximum Gasteiger partial charge on any atom is 0.123 e. The quantitative estimate of drug-likeness (QED) is 0.900. The minimum atomic E-state index is -0.171. The maximum absolute atomic E-state index is 12.9. The third-order valence-electron chi connectivity index (χ3n) is 4.61. The first-order chi connectivity index (χ1) is 9.17. The minimum Gasteiger partial charge on any atom is -0.375 e. The van der Waals surface area contributed by atoms with Crippen molar-refractivity contribution in [2.24, 2.45) is 0 Å². The fourth-order valence-electron chi connectivity index (χ4n) is 3.29. The van der Waals surface area contributed by atoms with Gasteiger partial charge in [-0.3, -0.25) is 0 Å². The third-order valence-corrected chi connectivity index (χ3v) is 4.61. The van der Waals surface area contributed by atoms with Gasteiger partial charge in [0, 0.05) is 18.7 Å². The van der Waals surface area contributed by atoms with E-state index in [0.29, 0.717) is 6.04 Å². The number of rotatable bonds is 3. The van der Waals surface area contributed by atoms with Gasteiger partial charge in [0.15, 0.2) is 0 Å². The average Bonchev–Trinajstić information content (AvgIpc) is 2.38. The molecule has 1 N–H and O–H groups in total. The first-order valence-corrected chi connectivity index (χ1v) is 7.32. The van der Waals surface area contributed by atoms with Gasteiger partial charge in [-0.1, -0.05) is 12.1 Å². The van der Waals surface area contributed by atoms with E-state index in [-0.39, 0.29) is 17.5 Å². The molecule has 0 amide bonds. The van der Waals surface area contributed by atoms with Crippen LogP contribution >= 0.6 is 0 Å². The average molecular weight is 263 g/mol. The van der Waals surface area contributed by atoms with Crippen molar-refractivity contribution in [3.8, 4) is 0 Å². The summed E-state index contributed by atoms with van der Waals surface area (Å²) in [6, 6.07) is 7.59. The molecule has 2 atom stereocenters. The third kappa shape index (κ3) is 2.82. The van der Waals surface area contributed by atoms with Crippen LogP contribution < -0.4 is 5.32 Å². The molecule has 0 bridgehead atoms. The van der Waals surface area contributed by atoms with Crippen molar-refractivity contribution >= 4 is 0 Å². The van der Waals surface area contributed by atoms with E-state index in [9.17, 15) is 4.39 Å². The Labute approximate surface area is 114 Å². The van der Waals surface area contributed by atoms with Gasteiger partial charge in [0.25, 0.3) is 0 Å². The van der Waals surface area contributed by atoms with E-state index in [1.165, 1.54) is 31.4 Å². The molecule has 2 fully saturated rings. The highest BCUT2D eigenvalue weighted by molar-refractivity contribution is 5.19. The predicted molar refractivity (Wildman–Crippen MR) is 73.5 cm³/mol. The molecule has 2 unspecified atom stereocenters. The number of ether oxygens (including phenoxy) is 1. The van der Waals surface area contributed by atoms with Crippen LogP contribution in [0.15, 0.2) is 24.3 Å². The Morgan fingerprint density at radius 3 is 2.68 bits per heavy atom. The van der Waals surface area contributed by atoms with Crippen LogP contribution in [0.1, 0.15) is 50.6 Å². The van der Waals surface area contributed by atoms with E-state index in [2.05, 4.69) is 12.2 Å². The second-order valence-electron chi connectivity index (χ2n) is 6.01. The van der Waals surface area contributed by atoms with Crippen LogP contribution in [-0.2, 0) is 4.74 Å². The number of halogens is 1. The van der Waals surface area contributed by atoms with E-state index in [1.807, 2.05) is 12.1 Å². The minimum absolute atomic E-state index is 0.171. The number of benzene rings is 1. The molecular weight excluding hydrogens is 241 g/mol. The van der Waals surface area contributed by atoms with Crippen molar-refractivity contribution in [2.75, 3.05) is 6.61 Å². The summed E-state index contributed by atoms with van der Waals surface area (Å²) in [6.07, 6.45) is 5.94. The summed E-state index contributed by atoms with van der Waals surface area (Å²) < 4.78 is 18.9. The molecule has 1 aliphatic carbocycles. The van der Waals surface area contributed by atoms with Crippen LogP contribution in [0, 0.1) is 5.82 Å². The largest absolute Gasteiger partial charge is 0.375 e. The number of nitrogens with one attached hydrogen (secondary N) is 1. The molecule has 3 rings (SSSR count). The summed E-state index contributed by atoms with van der Waals surface area (Å²) in [5, 5.41) is 3.68. The lowest BCUT2D eigenvalue weighted by molar-refractivity contribution is -0.136. The fourth-order valence-corrected chi connectivity index (χ4v) is 3.29. The molecule has 1 aromatic rings. The second kappa shape index (κ2) is 5.22. The lowest BCUT2D eigenvalue weighted by Crippen LogP contribution is -2.51. The Bertz CT molecular complexity index is 427. The Hall–Kier alpha value is -0.930. The van der Waals surface area contributed by atoms with Crippen LogP contribution in [0.5, 0.6) is 0 Å². The van der Waals surface area contributed by atoms with Crippen LogP contribution in [0.3, 0.4) is 0 Å². The predicted octanol–water partition coefficient (Wildman–Crippen LogP) is 3.58. The molecule has 3 heteroatoms. The van der Waals surface area contributed by atoms with Gasteiger partial charge in [-0.25, -0.2) is 4.39 Å². The van der Waals surface area contributed by atoms with Crippen molar-refractivity contribution in [1.82, 2.24) is 5.32 Å². The van der Waals surface area contributed by atoms with Crippen molar-refractivity contribution in [3.05, 3.63) is 35.6 Å². The van der Waals surface area contributed by atoms with E-state index >= 15 is 0 Å². The molecule has 19 heavy (non-hydrogen) atoms. The lowest BCUT2D eigenvalue weighted by atomic mass is 9.74. The molecule has 0 radical (unpaired) electrons. The van der Waals surface area contributed by atoms with Gasteiger partial charge in [0.2, 0.25) is 0 Å². The molecule has 2 nitrogen and oxygen atoms in total. The van der Waals surface area contributed by atoms with Crippen LogP contribution in [-0.4, -0.2) is 18.2 Å². The second-order valence-corrected chi connectivity index (χ2v) is 6.01. The van der Waals surface area contributed by atoms with Gasteiger partial charge < -0.3 is 10.1 Å². The molecule has 1 saturated heterocycles. The summed E-state index contributed by atoms with van der Waals surface area (Å²) in [4.78, 5) is 0. The van der Waals surface area contributed by atoms with Crippen molar-refractivity contribution in [2.45, 2.75) is 56.7 Å². The van der Waals surface area contributed by atoms with E-state index in [4.69, 9.17) is 4.74 Å². The summed E-state index contributed by atoms with van der Waals surface area (Å²) >= 11 is 0. The Balaban J connectivity index is 1.59. The Morgan fingerprint density at radius 2 is 2.05 bits per heavy atom. The summed E-state index contributed by atoms with van der Waals surface area (Å²) in [6.45, 7) is 3.02. The van der Waals surface area contributed by atoms with Crippen LogP contribution in [0.4, 0.5) is 4.39 Å². The molecule has 1 aromatic carbocycles. The topological polar surface area (TPSA) is 21.3 Å². The highest BCUT2D eigenvalue weighted by atomic mass is 19.1. The molecule has 2 aliphatic rings. The van der Waals surface area contributed by atoms with Crippen molar-refractivity contribution in [1.29, 1.82) is 0 Å². The summed E-state index contributed by atoms with van der Waals surface area (Å²) in [5.41, 5.74) is 1.33. The van der Waals surface area contributed by atoms with Gasteiger partial charge in [0.1, 0.15) is 5.82 Å². The highest BCUT2D eigenvalue weighted by Gasteiger charge is 2.42. The van der Waals surface area contributed by atoms with Gasteiger partial charge in [-0.15, -0.1) is 0 Å². The standard InChI is InChI=1S/C16H22FNO/c1-12(13-3-5-14(17)6-4-13)18-15-7-10-19-16(11-15)8-2-9-16/h3-6,12,15,18H,2,7-11H2,1H3. The lowest BCUT2D eigenvalue weighted by Gasteiger charge is -2.47. The molecule has 1 spiro atoms. The molecule has 104 valence electrons. The SMILES string of the molecule is CC(NC1CCOC2(CCC2)C1)c1ccc(F)cc1. The summed E-state index contributed by atoms with van der Waals surface area (Å²) in [5.74, 6) is -0.171. The monoisotopic (exact) mass is 263 g/mol. The zero-order chi connectivity index (χ0) is 13.3. The van der Waals surface area contributed by atoms with Crippen LogP contribution in [0.25, 0.3) is 0 Å². The van der Waals surface area contributed by atoms with Crippen molar-refractivity contribution < 1.29 is 9.13 Å². The van der Waals surface area contributed by atoms with E-state index in [1.54, 1.807) is 0 Å². The van der Waals surface area contributed by atoms with Gasteiger partial charge in [0.05, 0.1) is 5.60 Å². The van der Waals surface area contributed by atoms with E-state index < -0.39 is 0 Å². The molecule has 1 saturated carbocycles. The zero-order valence-electron chi connectivity index (χ0n) is 11.5. The highest BCUT2D eigenvalue weighted by Crippen LogP contribution is 2.42.